The molecule has 0 bridgehead atoms. The highest BCUT2D eigenvalue weighted by Crippen LogP contribution is 2.15. The second-order valence-electron chi connectivity index (χ2n) is 5.93. The number of carboxylic acids is 1. The van der Waals surface area contributed by atoms with Gasteiger partial charge in [-0.3, -0.25) is 9.59 Å². The quantitative estimate of drug-likeness (QED) is 0.842. The number of hydrogen-bond donors (Lipinski definition) is 2. The summed E-state index contributed by atoms with van der Waals surface area (Å²) in [5.41, 5.74) is 0.933. The molecule has 25 heavy (non-hydrogen) atoms. The van der Waals surface area contributed by atoms with E-state index < -0.39 is 11.5 Å². The third-order valence-corrected chi connectivity index (χ3v) is 4.05. The van der Waals surface area contributed by atoms with Crippen molar-refractivity contribution in [2.75, 3.05) is 18.0 Å². The van der Waals surface area contributed by atoms with Gasteiger partial charge in [-0.15, -0.1) is 0 Å². The van der Waals surface area contributed by atoms with Gasteiger partial charge in [0.25, 0.3) is 5.56 Å². The molecular formula is C17H19N5O3. The van der Waals surface area contributed by atoms with Gasteiger partial charge in [-0.05, 0) is 31.9 Å². The molecule has 0 unspecified atom stereocenters. The van der Waals surface area contributed by atoms with Crippen LogP contribution in [-0.4, -0.2) is 44.1 Å². The Kier molecular flexibility index (Phi) is 4.87. The Hall–Kier alpha value is -3.03. The molecule has 1 aliphatic heterocycles. The van der Waals surface area contributed by atoms with Crippen molar-refractivity contribution in [2.24, 2.45) is 0 Å². The zero-order chi connectivity index (χ0) is 17.8. The summed E-state index contributed by atoms with van der Waals surface area (Å²) >= 11 is 0. The van der Waals surface area contributed by atoms with Crippen molar-refractivity contribution in [3.8, 4) is 0 Å². The maximum atomic E-state index is 12.0. The van der Waals surface area contributed by atoms with Crippen LogP contribution in [0.3, 0.4) is 0 Å². The number of carbonyl (C=O) groups is 1. The number of nitrogens with zero attached hydrogens (tertiary/aromatic N) is 4. The molecule has 3 rings (SSSR count). The third kappa shape index (κ3) is 4.09. The van der Waals surface area contributed by atoms with Crippen molar-refractivity contribution < 1.29 is 9.90 Å². The number of aryl methyl sites for hydroxylation is 1. The lowest BCUT2D eigenvalue weighted by Gasteiger charge is -2.14. The summed E-state index contributed by atoms with van der Waals surface area (Å²) in [6.07, 6.45) is 8.84. The first-order valence-electron chi connectivity index (χ1n) is 8.09. The van der Waals surface area contributed by atoms with Crippen LogP contribution in [0.2, 0.25) is 0 Å². The molecule has 8 heteroatoms. The first kappa shape index (κ1) is 16.8. The first-order valence-corrected chi connectivity index (χ1v) is 8.09. The van der Waals surface area contributed by atoms with Crippen molar-refractivity contribution >= 4 is 24.1 Å². The van der Waals surface area contributed by atoms with E-state index in [4.69, 9.17) is 5.11 Å². The molecule has 0 radical (unpaired) electrons. The van der Waals surface area contributed by atoms with Gasteiger partial charge in [-0.2, -0.15) is 0 Å². The maximum Gasteiger partial charge on any atom is 0.308 e. The molecule has 1 aliphatic rings. The van der Waals surface area contributed by atoms with Gasteiger partial charge >= 0.3 is 5.97 Å². The van der Waals surface area contributed by atoms with Crippen LogP contribution in [0.15, 0.2) is 17.2 Å². The molecule has 2 N–H and O–H groups in total. The summed E-state index contributed by atoms with van der Waals surface area (Å²) in [5.74, 6) is 0.0317. The molecular weight excluding hydrogens is 322 g/mol. The third-order valence-electron chi connectivity index (χ3n) is 4.05. The SMILES string of the molecule is Cc1nc(C=Cc2cnc(N3CCCC3)nc2)[nH]c(=O)c1CC(=O)O. The van der Waals surface area contributed by atoms with Crippen LogP contribution in [0.4, 0.5) is 5.95 Å². The van der Waals surface area contributed by atoms with Crippen LogP contribution in [0.5, 0.6) is 0 Å². The fourth-order valence-electron chi connectivity index (χ4n) is 2.74. The molecule has 1 saturated heterocycles. The van der Waals surface area contributed by atoms with Gasteiger partial charge in [0.1, 0.15) is 5.82 Å². The van der Waals surface area contributed by atoms with Crippen molar-refractivity contribution in [1.82, 2.24) is 19.9 Å². The average molecular weight is 341 g/mol. The number of aromatic nitrogens is 4. The lowest BCUT2D eigenvalue weighted by Crippen LogP contribution is -2.20. The minimum atomic E-state index is -1.06. The summed E-state index contributed by atoms with van der Waals surface area (Å²) < 4.78 is 0. The Morgan fingerprint density at radius 1 is 1.28 bits per heavy atom. The highest BCUT2D eigenvalue weighted by Gasteiger charge is 2.14. The van der Waals surface area contributed by atoms with Gasteiger partial charge in [0.05, 0.1) is 6.42 Å². The fraction of sp³-hybridized carbons (Fsp3) is 0.353. The number of H-pyrrole nitrogens is 1. The topological polar surface area (TPSA) is 112 Å². The van der Waals surface area contributed by atoms with Crippen molar-refractivity contribution in [3.05, 3.63) is 45.4 Å². The van der Waals surface area contributed by atoms with Crippen LogP contribution in [0.25, 0.3) is 12.2 Å². The van der Waals surface area contributed by atoms with E-state index in [1.165, 1.54) is 12.8 Å². The number of carboxylic acid groups (broad SMARTS) is 1. The molecule has 0 atom stereocenters. The number of anilines is 1. The average Bonchev–Trinajstić information content (AvgIpc) is 3.11. The van der Waals surface area contributed by atoms with Crippen LogP contribution >= 0.6 is 0 Å². The van der Waals surface area contributed by atoms with Gasteiger partial charge in [0.15, 0.2) is 0 Å². The Labute approximate surface area is 144 Å². The van der Waals surface area contributed by atoms with E-state index in [1.54, 1.807) is 31.5 Å². The molecule has 8 nitrogen and oxygen atoms in total. The second-order valence-corrected chi connectivity index (χ2v) is 5.93. The summed E-state index contributed by atoms with van der Waals surface area (Å²) in [7, 11) is 0. The van der Waals surface area contributed by atoms with Gasteiger partial charge in [0.2, 0.25) is 5.95 Å². The number of nitrogens with one attached hydrogen (secondary N) is 1. The van der Waals surface area contributed by atoms with Crippen molar-refractivity contribution in [3.63, 3.8) is 0 Å². The van der Waals surface area contributed by atoms with Crippen LogP contribution < -0.4 is 10.5 Å². The lowest BCUT2D eigenvalue weighted by molar-refractivity contribution is -0.136. The standard InChI is InChI=1S/C17H19N5O3/c1-11-13(8-15(23)24)16(25)21-14(20-11)5-4-12-9-18-17(19-10-12)22-6-2-3-7-22/h4-5,9-10H,2-3,6-8H2,1H3,(H,23,24)(H,20,21,25). The normalized spacial score (nSPS) is 14.4. The van der Waals surface area contributed by atoms with E-state index in [2.05, 4.69) is 24.8 Å². The molecule has 0 amide bonds. The van der Waals surface area contributed by atoms with E-state index in [0.717, 1.165) is 24.6 Å². The van der Waals surface area contributed by atoms with E-state index >= 15 is 0 Å². The van der Waals surface area contributed by atoms with Crippen LogP contribution in [0, 0.1) is 6.92 Å². The minimum Gasteiger partial charge on any atom is -0.481 e. The Morgan fingerprint density at radius 2 is 1.96 bits per heavy atom. The van der Waals surface area contributed by atoms with Crippen molar-refractivity contribution in [1.29, 1.82) is 0 Å². The molecule has 0 spiro atoms. The molecule has 1 fully saturated rings. The highest BCUT2D eigenvalue weighted by molar-refractivity contribution is 5.70. The molecule has 130 valence electrons. The van der Waals surface area contributed by atoms with E-state index in [1.807, 2.05) is 0 Å². The molecule has 0 saturated carbocycles. The zero-order valence-corrected chi connectivity index (χ0v) is 13.9. The number of aliphatic carboxylic acids is 1. The number of aromatic amines is 1. The summed E-state index contributed by atoms with van der Waals surface area (Å²) in [4.78, 5) is 40.4. The highest BCUT2D eigenvalue weighted by atomic mass is 16.4. The van der Waals surface area contributed by atoms with Crippen molar-refractivity contribution in [2.45, 2.75) is 26.2 Å². The van der Waals surface area contributed by atoms with Gasteiger partial charge in [-0.1, -0.05) is 0 Å². The predicted molar refractivity (Wildman–Crippen MR) is 93.3 cm³/mol. The second kappa shape index (κ2) is 7.25. The predicted octanol–water partition coefficient (Wildman–Crippen LogP) is 1.27. The first-order chi connectivity index (χ1) is 12.0. The zero-order valence-electron chi connectivity index (χ0n) is 13.9. The van der Waals surface area contributed by atoms with Crippen LogP contribution in [-0.2, 0) is 11.2 Å². The lowest BCUT2D eigenvalue weighted by atomic mass is 10.1. The molecule has 0 aliphatic carbocycles. The summed E-state index contributed by atoms with van der Waals surface area (Å²) in [6, 6.07) is 0. The number of rotatable bonds is 5. The molecule has 2 aromatic heterocycles. The molecule has 0 aromatic carbocycles. The van der Waals surface area contributed by atoms with E-state index in [-0.39, 0.29) is 12.0 Å². The minimum absolute atomic E-state index is 0.169. The Balaban J connectivity index is 1.75. The number of hydrogen-bond acceptors (Lipinski definition) is 6. The van der Waals surface area contributed by atoms with E-state index in [0.29, 0.717) is 11.5 Å². The Morgan fingerprint density at radius 3 is 2.56 bits per heavy atom. The van der Waals surface area contributed by atoms with Gasteiger partial charge < -0.3 is 15.0 Å². The monoisotopic (exact) mass is 341 g/mol. The maximum absolute atomic E-state index is 12.0. The fourth-order valence-corrected chi connectivity index (χ4v) is 2.74. The van der Waals surface area contributed by atoms with Gasteiger partial charge in [0, 0.05) is 42.3 Å². The summed E-state index contributed by atoms with van der Waals surface area (Å²) in [6.45, 7) is 3.60. The van der Waals surface area contributed by atoms with E-state index in [9.17, 15) is 9.59 Å². The van der Waals surface area contributed by atoms with Crippen LogP contribution in [0.1, 0.15) is 35.5 Å². The molecule has 2 aromatic rings. The largest absolute Gasteiger partial charge is 0.481 e. The van der Waals surface area contributed by atoms with Gasteiger partial charge in [-0.25, -0.2) is 15.0 Å². The summed E-state index contributed by atoms with van der Waals surface area (Å²) in [5, 5.41) is 8.83. The Bertz CT molecular complexity index is 852. The smallest absolute Gasteiger partial charge is 0.308 e. The molecule has 3 heterocycles.